The molecule has 0 aliphatic carbocycles. The SMILES string of the molecule is Cc1ccc(C(=O)Nc2cccc(OCC(N)=S)c2)o1. The maximum absolute atomic E-state index is 11.9. The molecule has 3 N–H and O–H groups in total. The Morgan fingerprint density at radius 3 is 2.85 bits per heavy atom. The molecule has 5 nitrogen and oxygen atoms in total. The molecule has 1 heterocycles. The summed E-state index contributed by atoms with van der Waals surface area (Å²) in [5.41, 5.74) is 5.96. The lowest BCUT2D eigenvalue weighted by Crippen LogP contribution is -2.18. The first-order valence-corrected chi connectivity index (χ1v) is 6.34. The summed E-state index contributed by atoms with van der Waals surface area (Å²) in [6, 6.07) is 10.3. The van der Waals surface area contributed by atoms with Crippen LogP contribution in [0.15, 0.2) is 40.8 Å². The van der Waals surface area contributed by atoms with Crippen molar-refractivity contribution in [1.29, 1.82) is 0 Å². The Bertz CT molecular complexity index is 637. The van der Waals surface area contributed by atoms with Crippen molar-refractivity contribution in [1.82, 2.24) is 0 Å². The number of nitrogens with two attached hydrogens (primary N) is 1. The standard InChI is InChI=1S/C14H14N2O3S/c1-9-5-6-12(19-9)14(17)16-10-3-2-4-11(7-10)18-8-13(15)20/h2-7H,8H2,1H3,(H2,15,20)(H,16,17). The van der Waals surface area contributed by atoms with Gasteiger partial charge >= 0.3 is 0 Å². The van der Waals surface area contributed by atoms with E-state index in [1.807, 2.05) is 0 Å². The Balaban J connectivity index is 2.04. The Kier molecular flexibility index (Phi) is 4.37. The van der Waals surface area contributed by atoms with E-state index < -0.39 is 0 Å². The number of ether oxygens (including phenoxy) is 1. The largest absolute Gasteiger partial charge is 0.486 e. The second-order valence-electron chi connectivity index (χ2n) is 4.15. The minimum atomic E-state index is -0.315. The highest BCUT2D eigenvalue weighted by atomic mass is 32.1. The molecule has 2 rings (SSSR count). The third-order valence-corrected chi connectivity index (χ3v) is 2.56. The van der Waals surface area contributed by atoms with Gasteiger partial charge in [0.05, 0.1) is 0 Å². The molecule has 0 radical (unpaired) electrons. The predicted octanol–water partition coefficient (Wildman–Crippen LogP) is 2.51. The molecule has 0 saturated heterocycles. The summed E-state index contributed by atoms with van der Waals surface area (Å²) < 4.78 is 10.6. The van der Waals surface area contributed by atoms with Gasteiger partial charge in [-0.1, -0.05) is 18.3 Å². The van der Waals surface area contributed by atoms with E-state index in [1.165, 1.54) is 0 Å². The number of anilines is 1. The second-order valence-corrected chi connectivity index (χ2v) is 4.67. The van der Waals surface area contributed by atoms with Crippen LogP contribution in [0.4, 0.5) is 5.69 Å². The van der Waals surface area contributed by atoms with E-state index in [2.05, 4.69) is 5.32 Å². The molecular formula is C14H14N2O3S. The fourth-order valence-corrected chi connectivity index (χ4v) is 1.63. The van der Waals surface area contributed by atoms with Crippen LogP contribution in [0.25, 0.3) is 0 Å². The number of hydrogen-bond acceptors (Lipinski definition) is 4. The molecule has 1 amide bonds. The number of nitrogens with one attached hydrogen (secondary N) is 1. The van der Waals surface area contributed by atoms with Crippen molar-refractivity contribution < 1.29 is 13.9 Å². The van der Waals surface area contributed by atoms with E-state index in [-0.39, 0.29) is 23.3 Å². The monoisotopic (exact) mass is 290 g/mol. The first-order chi connectivity index (χ1) is 9.54. The van der Waals surface area contributed by atoms with Crippen LogP contribution >= 0.6 is 12.2 Å². The van der Waals surface area contributed by atoms with Crippen molar-refractivity contribution in [2.24, 2.45) is 5.73 Å². The van der Waals surface area contributed by atoms with Crippen LogP contribution in [0.5, 0.6) is 5.75 Å². The van der Waals surface area contributed by atoms with Gasteiger partial charge in [-0.15, -0.1) is 0 Å². The van der Waals surface area contributed by atoms with Crippen molar-refractivity contribution in [2.45, 2.75) is 6.92 Å². The van der Waals surface area contributed by atoms with Crippen LogP contribution in [0.3, 0.4) is 0 Å². The zero-order valence-corrected chi connectivity index (χ0v) is 11.7. The Hall–Kier alpha value is -2.34. The highest BCUT2D eigenvalue weighted by Gasteiger charge is 2.10. The van der Waals surface area contributed by atoms with Crippen molar-refractivity contribution in [2.75, 3.05) is 11.9 Å². The van der Waals surface area contributed by atoms with E-state index in [1.54, 1.807) is 43.3 Å². The molecule has 0 fully saturated rings. The van der Waals surface area contributed by atoms with E-state index >= 15 is 0 Å². The van der Waals surface area contributed by atoms with Crippen LogP contribution in [0, 0.1) is 6.92 Å². The van der Waals surface area contributed by atoms with Gasteiger partial charge in [-0.2, -0.15) is 0 Å². The lowest BCUT2D eigenvalue weighted by Gasteiger charge is -2.07. The third kappa shape index (κ3) is 3.83. The maximum Gasteiger partial charge on any atom is 0.291 e. The molecule has 6 heteroatoms. The number of thiocarbonyl (C=S) groups is 1. The van der Waals surface area contributed by atoms with E-state index in [4.69, 9.17) is 27.1 Å². The summed E-state index contributed by atoms with van der Waals surface area (Å²) in [6.07, 6.45) is 0. The van der Waals surface area contributed by atoms with Crippen molar-refractivity contribution in [3.05, 3.63) is 47.9 Å². The van der Waals surface area contributed by atoms with E-state index in [0.717, 1.165) is 0 Å². The van der Waals surface area contributed by atoms with Crippen LogP contribution in [-0.4, -0.2) is 17.5 Å². The van der Waals surface area contributed by atoms with Crippen LogP contribution < -0.4 is 15.8 Å². The first kappa shape index (κ1) is 14.1. The van der Waals surface area contributed by atoms with Gasteiger partial charge in [0.25, 0.3) is 5.91 Å². The van der Waals surface area contributed by atoms with E-state index in [0.29, 0.717) is 17.2 Å². The predicted molar refractivity (Wildman–Crippen MR) is 80.1 cm³/mol. The van der Waals surface area contributed by atoms with Crippen LogP contribution in [0.2, 0.25) is 0 Å². The molecule has 1 aromatic carbocycles. The Morgan fingerprint density at radius 1 is 1.40 bits per heavy atom. The molecule has 0 atom stereocenters. The second kappa shape index (κ2) is 6.21. The molecule has 0 aliphatic rings. The number of amides is 1. The lowest BCUT2D eigenvalue weighted by molar-refractivity contribution is 0.0995. The molecule has 2 aromatic rings. The van der Waals surface area contributed by atoms with Crippen molar-refractivity contribution in [3.63, 3.8) is 0 Å². The quantitative estimate of drug-likeness (QED) is 0.827. The number of carbonyl (C=O) groups is 1. The fourth-order valence-electron chi connectivity index (χ4n) is 1.57. The molecule has 0 aliphatic heterocycles. The van der Waals surface area contributed by atoms with Gasteiger partial charge in [-0.25, -0.2) is 0 Å². The minimum absolute atomic E-state index is 0.157. The van der Waals surface area contributed by atoms with Crippen LogP contribution in [-0.2, 0) is 0 Å². The topological polar surface area (TPSA) is 77.5 Å². The number of aryl methyl sites for hydroxylation is 1. The van der Waals surface area contributed by atoms with Gasteiger partial charge in [0.1, 0.15) is 23.1 Å². The molecule has 0 spiro atoms. The lowest BCUT2D eigenvalue weighted by atomic mass is 10.3. The fraction of sp³-hybridized carbons (Fsp3) is 0.143. The number of hydrogen-bond donors (Lipinski definition) is 2. The normalized spacial score (nSPS) is 10.1. The van der Waals surface area contributed by atoms with Gasteiger partial charge < -0.3 is 20.2 Å². The molecule has 0 bridgehead atoms. The summed E-state index contributed by atoms with van der Waals surface area (Å²) in [7, 11) is 0. The van der Waals surface area contributed by atoms with Crippen molar-refractivity contribution >= 4 is 28.8 Å². The molecule has 20 heavy (non-hydrogen) atoms. The summed E-state index contributed by atoms with van der Waals surface area (Å²) >= 11 is 4.73. The molecule has 0 saturated carbocycles. The van der Waals surface area contributed by atoms with E-state index in [9.17, 15) is 4.79 Å². The Labute approximate surface area is 121 Å². The van der Waals surface area contributed by atoms with Crippen LogP contribution in [0.1, 0.15) is 16.3 Å². The molecule has 1 aromatic heterocycles. The molecular weight excluding hydrogens is 276 g/mol. The summed E-state index contributed by atoms with van der Waals surface area (Å²) in [4.78, 5) is 12.2. The highest BCUT2D eigenvalue weighted by Crippen LogP contribution is 2.18. The number of rotatable bonds is 5. The first-order valence-electron chi connectivity index (χ1n) is 5.93. The zero-order valence-electron chi connectivity index (χ0n) is 10.9. The number of carbonyl (C=O) groups excluding carboxylic acids is 1. The smallest absolute Gasteiger partial charge is 0.291 e. The van der Waals surface area contributed by atoms with Gasteiger partial charge in [0, 0.05) is 11.8 Å². The zero-order chi connectivity index (χ0) is 14.5. The minimum Gasteiger partial charge on any atom is -0.486 e. The average Bonchev–Trinajstić information content (AvgIpc) is 2.84. The summed E-state index contributed by atoms with van der Waals surface area (Å²) in [6.45, 7) is 1.94. The number of benzene rings is 1. The van der Waals surface area contributed by atoms with Gasteiger partial charge in [-0.05, 0) is 31.2 Å². The molecule has 104 valence electrons. The van der Waals surface area contributed by atoms with Gasteiger partial charge in [0.15, 0.2) is 5.76 Å². The number of furan rings is 1. The Morgan fingerprint density at radius 2 is 2.20 bits per heavy atom. The molecule has 0 unspecified atom stereocenters. The maximum atomic E-state index is 11.9. The highest BCUT2D eigenvalue weighted by molar-refractivity contribution is 7.80. The van der Waals surface area contributed by atoms with Gasteiger partial charge in [0.2, 0.25) is 0 Å². The average molecular weight is 290 g/mol. The van der Waals surface area contributed by atoms with Crippen molar-refractivity contribution in [3.8, 4) is 5.75 Å². The summed E-state index contributed by atoms with van der Waals surface area (Å²) in [5.74, 6) is 1.21. The third-order valence-electron chi connectivity index (χ3n) is 2.44. The summed E-state index contributed by atoms with van der Waals surface area (Å²) in [5, 5.41) is 2.72. The van der Waals surface area contributed by atoms with Gasteiger partial charge in [-0.3, -0.25) is 4.79 Å².